The van der Waals surface area contributed by atoms with Crippen LogP contribution >= 0.6 is 22.9 Å². The summed E-state index contributed by atoms with van der Waals surface area (Å²) < 4.78 is 8.34. The molecule has 1 atom stereocenters. The van der Waals surface area contributed by atoms with Crippen LogP contribution in [0.15, 0.2) is 18.3 Å². The molecule has 0 aliphatic heterocycles. The molecule has 2 aromatic heterocycles. The largest absolute Gasteiger partial charge is 0.493 e. The first-order valence-electron chi connectivity index (χ1n) is 7.29. The Bertz CT molecular complexity index is 567. The van der Waals surface area contributed by atoms with Crippen molar-refractivity contribution < 1.29 is 4.74 Å². The number of nitrogens with zero attached hydrogens (tertiary/aromatic N) is 2. The minimum Gasteiger partial charge on any atom is -0.493 e. The predicted molar refractivity (Wildman–Crippen MR) is 88.5 cm³/mol. The third kappa shape index (κ3) is 3.78. The predicted octanol–water partition coefficient (Wildman–Crippen LogP) is 4.11. The molecule has 2 rings (SSSR count). The normalized spacial score (nSPS) is 12.6. The molecule has 2 heterocycles. The summed E-state index contributed by atoms with van der Waals surface area (Å²) >= 11 is 7.71. The summed E-state index contributed by atoms with van der Waals surface area (Å²) in [6.45, 7) is 6.11. The van der Waals surface area contributed by atoms with E-state index < -0.39 is 0 Å². The van der Waals surface area contributed by atoms with Crippen molar-refractivity contribution in [3.63, 3.8) is 0 Å². The van der Waals surface area contributed by atoms with Crippen molar-refractivity contribution in [3.05, 3.63) is 33.2 Å². The molecule has 0 aromatic carbocycles. The van der Waals surface area contributed by atoms with E-state index in [1.165, 1.54) is 4.88 Å². The molecule has 2 aromatic rings. The van der Waals surface area contributed by atoms with Gasteiger partial charge in [-0.2, -0.15) is 5.10 Å². The van der Waals surface area contributed by atoms with Gasteiger partial charge >= 0.3 is 0 Å². The molecule has 6 heteroatoms. The Morgan fingerprint density at radius 2 is 2.19 bits per heavy atom. The quantitative estimate of drug-likeness (QED) is 0.793. The number of halogens is 1. The van der Waals surface area contributed by atoms with Gasteiger partial charge in [0.15, 0.2) is 5.75 Å². The maximum Gasteiger partial charge on any atom is 0.161 e. The first-order valence-corrected chi connectivity index (χ1v) is 8.49. The molecule has 0 aliphatic carbocycles. The van der Waals surface area contributed by atoms with Crippen LogP contribution in [-0.2, 0) is 6.54 Å². The van der Waals surface area contributed by atoms with Crippen molar-refractivity contribution in [1.29, 1.82) is 0 Å². The summed E-state index contributed by atoms with van der Waals surface area (Å²) in [4.78, 5) is 1.18. The van der Waals surface area contributed by atoms with Gasteiger partial charge in [-0.25, -0.2) is 0 Å². The van der Waals surface area contributed by atoms with Gasteiger partial charge in [-0.1, -0.05) is 25.4 Å². The summed E-state index contributed by atoms with van der Waals surface area (Å²) in [7, 11) is 1.69. The monoisotopic (exact) mass is 327 g/mol. The molecule has 1 N–H and O–H groups in total. The second-order valence-electron chi connectivity index (χ2n) is 4.85. The third-order valence-electron chi connectivity index (χ3n) is 3.25. The molecule has 0 bridgehead atoms. The number of rotatable bonds is 8. The van der Waals surface area contributed by atoms with Crippen LogP contribution < -0.4 is 10.1 Å². The first-order chi connectivity index (χ1) is 10.2. The highest BCUT2D eigenvalue weighted by atomic mass is 35.5. The van der Waals surface area contributed by atoms with Crippen molar-refractivity contribution in [2.24, 2.45) is 0 Å². The lowest BCUT2D eigenvalue weighted by atomic mass is 10.1. The molecule has 0 saturated carbocycles. The highest BCUT2D eigenvalue weighted by molar-refractivity contribution is 7.16. The summed E-state index contributed by atoms with van der Waals surface area (Å²) in [6.07, 6.45) is 3.89. The summed E-state index contributed by atoms with van der Waals surface area (Å²) in [6, 6.07) is 4.07. The molecular formula is C15H22ClN3OS. The van der Waals surface area contributed by atoms with Gasteiger partial charge in [-0.15, -0.1) is 11.3 Å². The highest BCUT2D eigenvalue weighted by Crippen LogP contribution is 2.35. The van der Waals surface area contributed by atoms with Crippen LogP contribution in [0.2, 0.25) is 4.34 Å². The molecule has 0 spiro atoms. The molecule has 0 saturated heterocycles. The number of aromatic nitrogens is 2. The maximum atomic E-state index is 6.11. The minimum atomic E-state index is 0.0615. The third-order valence-corrected chi connectivity index (χ3v) is 4.55. The zero-order valence-electron chi connectivity index (χ0n) is 12.7. The molecule has 21 heavy (non-hydrogen) atoms. The second-order valence-corrected chi connectivity index (χ2v) is 6.60. The Morgan fingerprint density at radius 3 is 2.76 bits per heavy atom. The Morgan fingerprint density at radius 1 is 1.38 bits per heavy atom. The van der Waals surface area contributed by atoms with Crippen LogP contribution in [0.3, 0.4) is 0 Å². The molecule has 1 unspecified atom stereocenters. The van der Waals surface area contributed by atoms with E-state index in [2.05, 4.69) is 30.3 Å². The van der Waals surface area contributed by atoms with Crippen molar-refractivity contribution in [2.45, 2.75) is 39.3 Å². The summed E-state index contributed by atoms with van der Waals surface area (Å²) in [5.41, 5.74) is 1.08. The lowest BCUT2D eigenvalue weighted by Gasteiger charge is -2.20. The van der Waals surface area contributed by atoms with Gasteiger partial charge in [0.2, 0.25) is 0 Å². The first kappa shape index (κ1) is 16.3. The standard InChI is InChI=1S/C15H22ClN3OS/c1-4-8-17-14(12-6-7-13(16)21-12)15-11(20-3)10-18-19(15)9-5-2/h6-7,10,14,17H,4-5,8-9H2,1-3H3. The number of hydrogen-bond acceptors (Lipinski definition) is 4. The van der Waals surface area contributed by atoms with Crippen LogP contribution in [0.5, 0.6) is 5.75 Å². The minimum absolute atomic E-state index is 0.0615. The van der Waals surface area contributed by atoms with Crippen molar-refractivity contribution in [2.75, 3.05) is 13.7 Å². The lowest BCUT2D eigenvalue weighted by molar-refractivity contribution is 0.398. The van der Waals surface area contributed by atoms with Gasteiger partial charge in [0.1, 0.15) is 5.69 Å². The average Bonchev–Trinajstić information content (AvgIpc) is 3.07. The second kappa shape index (κ2) is 7.82. The highest BCUT2D eigenvalue weighted by Gasteiger charge is 2.24. The van der Waals surface area contributed by atoms with Crippen molar-refractivity contribution in [3.8, 4) is 5.75 Å². The van der Waals surface area contributed by atoms with Gasteiger partial charge in [-0.05, 0) is 31.5 Å². The summed E-state index contributed by atoms with van der Waals surface area (Å²) in [5, 5.41) is 8.05. The van der Waals surface area contributed by atoms with E-state index in [0.717, 1.165) is 41.7 Å². The SMILES string of the molecule is CCCNC(c1ccc(Cl)s1)c1c(OC)cnn1CCC. The van der Waals surface area contributed by atoms with E-state index in [1.54, 1.807) is 24.6 Å². The Balaban J connectivity index is 2.42. The van der Waals surface area contributed by atoms with Crippen LogP contribution in [-0.4, -0.2) is 23.4 Å². The van der Waals surface area contributed by atoms with Gasteiger partial charge in [0, 0.05) is 11.4 Å². The molecule has 0 fully saturated rings. The number of ether oxygens (including phenoxy) is 1. The van der Waals surface area contributed by atoms with E-state index in [0.29, 0.717) is 0 Å². The summed E-state index contributed by atoms with van der Waals surface area (Å²) in [5.74, 6) is 0.821. The average molecular weight is 328 g/mol. The number of methoxy groups -OCH3 is 1. The molecular weight excluding hydrogens is 306 g/mol. The number of thiophene rings is 1. The van der Waals surface area contributed by atoms with E-state index in [4.69, 9.17) is 16.3 Å². The van der Waals surface area contributed by atoms with Gasteiger partial charge < -0.3 is 10.1 Å². The fraction of sp³-hybridized carbons (Fsp3) is 0.533. The number of aryl methyl sites for hydroxylation is 1. The number of nitrogens with one attached hydrogen (secondary N) is 1. The molecule has 0 amide bonds. The number of hydrogen-bond donors (Lipinski definition) is 1. The van der Waals surface area contributed by atoms with Gasteiger partial charge in [0.25, 0.3) is 0 Å². The van der Waals surface area contributed by atoms with E-state index >= 15 is 0 Å². The Kier molecular flexibility index (Phi) is 6.08. The van der Waals surface area contributed by atoms with Crippen molar-refractivity contribution in [1.82, 2.24) is 15.1 Å². The van der Waals surface area contributed by atoms with E-state index in [-0.39, 0.29) is 6.04 Å². The van der Waals surface area contributed by atoms with E-state index in [9.17, 15) is 0 Å². The molecule has 0 aliphatic rings. The van der Waals surface area contributed by atoms with Gasteiger partial charge in [-0.3, -0.25) is 4.68 Å². The molecule has 116 valence electrons. The zero-order chi connectivity index (χ0) is 15.2. The van der Waals surface area contributed by atoms with Crippen molar-refractivity contribution >= 4 is 22.9 Å². The lowest BCUT2D eigenvalue weighted by Crippen LogP contribution is -2.25. The van der Waals surface area contributed by atoms with Crippen LogP contribution in [0, 0.1) is 0 Å². The fourth-order valence-corrected chi connectivity index (χ4v) is 3.46. The van der Waals surface area contributed by atoms with E-state index in [1.807, 2.05) is 10.7 Å². The molecule has 0 radical (unpaired) electrons. The van der Waals surface area contributed by atoms with Crippen LogP contribution in [0.1, 0.15) is 43.3 Å². The maximum absolute atomic E-state index is 6.11. The van der Waals surface area contributed by atoms with Crippen LogP contribution in [0.4, 0.5) is 0 Å². The fourth-order valence-electron chi connectivity index (χ4n) is 2.32. The Labute approximate surface area is 135 Å². The topological polar surface area (TPSA) is 39.1 Å². The smallest absolute Gasteiger partial charge is 0.161 e. The Hall–Kier alpha value is -1.04. The zero-order valence-corrected chi connectivity index (χ0v) is 14.3. The molecule has 4 nitrogen and oxygen atoms in total. The van der Waals surface area contributed by atoms with Crippen LogP contribution in [0.25, 0.3) is 0 Å². The van der Waals surface area contributed by atoms with Gasteiger partial charge in [0.05, 0.1) is 23.7 Å².